The number of fused-ring (bicyclic) bond motifs is 2. The van der Waals surface area contributed by atoms with Crippen molar-refractivity contribution >= 4 is 50.0 Å². The Balaban J connectivity index is 1.17. The number of thiazole rings is 1. The molecule has 0 aliphatic carbocycles. The van der Waals surface area contributed by atoms with Crippen molar-refractivity contribution in [2.24, 2.45) is 0 Å². The molecule has 5 aromatic rings. The van der Waals surface area contributed by atoms with Crippen LogP contribution in [0.1, 0.15) is 40.8 Å². The predicted molar refractivity (Wildman–Crippen MR) is 136 cm³/mol. The number of H-pyrrole nitrogens is 1. The molecule has 0 bridgehead atoms. The molecule has 1 aliphatic heterocycles. The van der Waals surface area contributed by atoms with Gasteiger partial charge in [0.1, 0.15) is 23.8 Å². The number of hydrogen-bond acceptors (Lipinski definition) is 7. The molecule has 3 N–H and O–H groups in total. The van der Waals surface area contributed by atoms with Crippen LogP contribution in [0.3, 0.4) is 0 Å². The maximum Gasteiger partial charge on any atom is 0.140 e. The molecule has 0 saturated carbocycles. The Morgan fingerprint density at radius 2 is 2.12 bits per heavy atom. The first-order valence-corrected chi connectivity index (χ1v) is 12.3. The number of aromatic amines is 1. The van der Waals surface area contributed by atoms with E-state index in [1.165, 1.54) is 10.3 Å². The fraction of sp³-hybridized carbons (Fsp3) is 0.240. The Kier molecular flexibility index (Phi) is 5.45. The molecule has 0 radical (unpaired) electrons. The number of rotatable bonds is 7. The molecular weight excluding hydrogens is 468 g/mol. The van der Waals surface area contributed by atoms with Crippen molar-refractivity contribution in [1.82, 2.24) is 25.3 Å². The molecule has 6 rings (SSSR count). The van der Waals surface area contributed by atoms with E-state index in [1.54, 1.807) is 17.5 Å². The average Bonchev–Trinajstić information content (AvgIpc) is 3.23. The normalized spacial score (nSPS) is 18.4. The lowest BCUT2D eigenvalue weighted by Gasteiger charge is -2.13. The summed E-state index contributed by atoms with van der Waals surface area (Å²) in [5, 5.41) is 9.79. The number of pyridine rings is 2. The SMILES string of the molecule is Cc1nc2cc([C@H](C)NC3OC3c3cc(Cl)cnc3NCc3ccnc4[nH]ccc34)ccc2s1. The highest BCUT2D eigenvalue weighted by atomic mass is 35.5. The van der Waals surface area contributed by atoms with Crippen LogP contribution in [-0.4, -0.2) is 26.2 Å². The van der Waals surface area contributed by atoms with Gasteiger partial charge in [-0.15, -0.1) is 11.3 Å². The summed E-state index contributed by atoms with van der Waals surface area (Å²) in [5.74, 6) is 0.770. The number of anilines is 1. The molecule has 2 unspecified atom stereocenters. The molecule has 0 amide bonds. The number of epoxide rings is 1. The number of ether oxygens (including phenoxy) is 1. The Hall–Kier alpha value is -3.04. The Bertz CT molecular complexity index is 1500. The van der Waals surface area contributed by atoms with Crippen molar-refractivity contribution < 1.29 is 4.74 Å². The number of hydrogen-bond donors (Lipinski definition) is 3. The third-order valence-corrected chi connectivity index (χ3v) is 7.27. The number of nitrogens with zero attached hydrogens (tertiary/aromatic N) is 3. The number of aromatic nitrogens is 4. The molecular formula is C25H23ClN6OS. The molecule has 0 spiro atoms. The highest BCUT2D eigenvalue weighted by molar-refractivity contribution is 7.18. The van der Waals surface area contributed by atoms with Crippen LogP contribution >= 0.6 is 22.9 Å². The van der Waals surface area contributed by atoms with Crippen LogP contribution in [0.25, 0.3) is 21.3 Å². The van der Waals surface area contributed by atoms with Crippen molar-refractivity contribution in [3.05, 3.63) is 81.7 Å². The van der Waals surface area contributed by atoms with Gasteiger partial charge in [0.25, 0.3) is 0 Å². The van der Waals surface area contributed by atoms with Gasteiger partial charge in [0.2, 0.25) is 0 Å². The van der Waals surface area contributed by atoms with Crippen LogP contribution in [0, 0.1) is 6.92 Å². The van der Waals surface area contributed by atoms with E-state index in [0.717, 1.165) is 38.5 Å². The summed E-state index contributed by atoms with van der Waals surface area (Å²) in [6.07, 6.45) is 5.13. The van der Waals surface area contributed by atoms with Gasteiger partial charge in [-0.3, -0.25) is 5.32 Å². The molecule has 3 atom stereocenters. The summed E-state index contributed by atoms with van der Waals surface area (Å²) in [6, 6.07) is 12.5. The standard InChI is InChI=1S/C25H23ClN6OS/c1-13(15-3-4-21-20(9-15)32-14(2)34-21)31-25-22(33-25)19-10-17(26)12-30-24(19)29-11-16-5-7-27-23-18(16)6-8-28-23/h3-10,12-13,22,25,31H,11H2,1-2H3,(H,27,28)(H,29,30)/t13-,22?,25?/m0/s1. The first kappa shape index (κ1) is 21.5. The maximum absolute atomic E-state index is 6.29. The lowest BCUT2D eigenvalue weighted by Crippen LogP contribution is -2.22. The fourth-order valence-electron chi connectivity index (χ4n) is 4.32. The van der Waals surface area contributed by atoms with Crippen molar-refractivity contribution in [2.75, 3.05) is 5.32 Å². The van der Waals surface area contributed by atoms with Gasteiger partial charge in [-0.1, -0.05) is 17.7 Å². The third-order valence-electron chi connectivity index (χ3n) is 6.11. The molecule has 34 heavy (non-hydrogen) atoms. The van der Waals surface area contributed by atoms with E-state index in [9.17, 15) is 0 Å². The molecule has 172 valence electrons. The molecule has 1 saturated heterocycles. The second kappa shape index (κ2) is 8.63. The molecule has 5 heterocycles. The smallest absolute Gasteiger partial charge is 0.140 e. The van der Waals surface area contributed by atoms with Gasteiger partial charge in [0, 0.05) is 42.1 Å². The quantitative estimate of drug-likeness (QED) is 0.246. The number of aryl methyl sites for hydroxylation is 1. The van der Waals surface area contributed by atoms with Crippen LogP contribution in [-0.2, 0) is 11.3 Å². The fourth-order valence-corrected chi connectivity index (χ4v) is 5.29. The largest absolute Gasteiger partial charge is 0.366 e. The first-order chi connectivity index (χ1) is 16.5. The van der Waals surface area contributed by atoms with E-state index in [4.69, 9.17) is 16.3 Å². The highest BCUT2D eigenvalue weighted by Gasteiger charge is 2.43. The zero-order chi connectivity index (χ0) is 23.2. The molecule has 1 aliphatic rings. The van der Waals surface area contributed by atoms with Gasteiger partial charge in [-0.2, -0.15) is 0 Å². The summed E-state index contributed by atoms with van der Waals surface area (Å²) < 4.78 is 7.22. The van der Waals surface area contributed by atoms with Crippen molar-refractivity contribution in [3.63, 3.8) is 0 Å². The van der Waals surface area contributed by atoms with E-state index in [2.05, 4.69) is 55.7 Å². The van der Waals surface area contributed by atoms with Gasteiger partial charge in [-0.05, 0) is 55.3 Å². The van der Waals surface area contributed by atoms with E-state index in [-0.39, 0.29) is 18.4 Å². The highest BCUT2D eigenvalue weighted by Crippen LogP contribution is 2.42. The molecule has 9 heteroatoms. The summed E-state index contributed by atoms with van der Waals surface area (Å²) in [7, 11) is 0. The molecule has 1 fully saturated rings. The molecule has 4 aromatic heterocycles. The minimum absolute atomic E-state index is 0.110. The number of nitrogens with one attached hydrogen (secondary N) is 3. The predicted octanol–water partition coefficient (Wildman–Crippen LogP) is 5.89. The van der Waals surface area contributed by atoms with E-state index < -0.39 is 0 Å². The van der Waals surface area contributed by atoms with Gasteiger partial charge < -0.3 is 15.0 Å². The van der Waals surface area contributed by atoms with E-state index in [0.29, 0.717) is 11.6 Å². The monoisotopic (exact) mass is 490 g/mol. The van der Waals surface area contributed by atoms with Gasteiger partial charge in [0.15, 0.2) is 0 Å². The Morgan fingerprint density at radius 1 is 1.21 bits per heavy atom. The number of benzene rings is 1. The summed E-state index contributed by atoms with van der Waals surface area (Å²) in [6.45, 7) is 4.79. The molecule has 1 aromatic carbocycles. The van der Waals surface area contributed by atoms with Gasteiger partial charge in [-0.25, -0.2) is 15.0 Å². The van der Waals surface area contributed by atoms with Crippen molar-refractivity contribution in [2.45, 2.75) is 38.8 Å². The first-order valence-electron chi connectivity index (χ1n) is 11.1. The summed E-state index contributed by atoms with van der Waals surface area (Å²) >= 11 is 8.01. The van der Waals surface area contributed by atoms with Crippen molar-refractivity contribution in [1.29, 1.82) is 0 Å². The molecule has 7 nitrogen and oxygen atoms in total. The van der Waals surface area contributed by atoms with Crippen LogP contribution in [0.2, 0.25) is 5.02 Å². The topological polar surface area (TPSA) is 91.1 Å². The zero-order valence-corrected chi connectivity index (χ0v) is 20.2. The Labute approximate surface area is 205 Å². The van der Waals surface area contributed by atoms with Crippen LogP contribution < -0.4 is 10.6 Å². The second-order valence-electron chi connectivity index (χ2n) is 8.48. The van der Waals surface area contributed by atoms with E-state index >= 15 is 0 Å². The average molecular weight is 491 g/mol. The summed E-state index contributed by atoms with van der Waals surface area (Å²) in [4.78, 5) is 16.7. The lowest BCUT2D eigenvalue weighted by atomic mass is 10.1. The Morgan fingerprint density at radius 3 is 3.03 bits per heavy atom. The zero-order valence-electron chi connectivity index (χ0n) is 18.7. The van der Waals surface area contributed by atoms with Crippen molar-refractivity contribution in [3.8, 4) is 0 Å². The van der Waals surface area contributed by atoms with Gasteiger partial charge in [0.05, 0.1) is 20.2 Å². The second-order valence-corrected chi connectivity index (χ2v) is 10.2. The minimum atomic E-state index is -0.119. The summed E-state index contributed by atoms with van der Waals surface area (Å²) in [5.41, 5.74) is 5.19. The van der Waals surface area contributed by atoms with Crippen LogP contribution in [0.5, 0.6) is 0 Å². The van der Waals surface area contributed by atoms with Gasteiger partial charge >= 0.3 is 0 Å². The minimum Gasteiger partial charge on any atom is -0.366 e. The third kappa shape index (κ3) is 4.14. The van der Waals surface area contributed by atoms with Crippen LogP contribution in [0.15, 0.2) is 55.0 Å². The maximum atomic E-state index is 6.29. The lowest BCUT2D eigenvalue weighted by molar-refractivity contribution is 0.332. The van der Waals surface area contributed by atoms with Crippen LogP contribution in [0.4, 0.5) is 5.82 Å². The van der Waals surface area contributed by atoms with E-state index in [1.807, 2.05) is 37.5 Å². The number of halogens is 1.